The highest BCUT2D eigenvalue weighted by molar-refractivity contribution is 7.53. The highest BCUT2D eigenvalue weighted by Crippen LogP contribution is 2.50. The smallest absolute Gasteiger partial charge is 0.334 e. The van der Waals surface area contributed by atoms with Gasteiger partial charge in [-0.3, -0.25) is 13.9 Å². The van der Waals surface area contributed by atoms with E-state index in [4.69, 9.17) is 9.05 Å². The van der Waals surface area contributed by atoms with Gasteiger partial charge in [-0.2, -0.15) is 0 Å². The van der Waals surface area contributed by atoms with Crippen molar-refractivity contribution in [1.82, 2.24) is 0 Å². The molecular formula is C108H167N3O10P2. The molecule has 0 unspecified atom stereocenters. The first-order valence-corrected chi connectivity index (χ1v) is 46.7. The lowest BCUT2D eigenvalue weighted by atomic mass is 10.1. The molecule has 0 saturated carbocycles. The number of allylic oxidation sites excluding steroid dienone is 1. The summed E-state index contributed by atoms with van der Waals surface area (Å²) >= 11 is 0. The zero-order valence-corrected chi connectivity index (χ0v) is 83.4. The van der Waals surface area contributed by atoms with Gasteiger partial charge in [-0.15, -0.1) is 0 Å². The van der Waals surface area contributed by atoms with Crippen LogP contribution in [-0.2, 0) is 47.6 Å². The van der Waals surface area contributed by atoms with Crippen LogP contribution in [0.1, 0.15) is 206 Å². The number of rotatable bonds is 20. The number of anilines is 9. The van der Waals surface area contributed by atoms with E-state index in [1.54, 1.807) is 49.6 Å². The maximum absolute atomic E-state index is 11.7. The number of carbonyl (C=O) groups is 1. The summed E-state index contributed by atoms with van der Waals surface area (Å²) in [6.07, 6.45) is 10.1. The van der Waals surface area contributed by atoms with E-state index < -0.39 is 15.2 Å². The van der Waals surface area contributed by atoms with Crippen LogP contribution in [-0.4, -0.2) is 83.5 Å². The average Bonchev–Trinajstić information content (AvgIpc) is 0.826. The van der Waals surface area contributed by atoms with Gasteiger partial charge in [-0.05, 0) is 151 Å². The fourth-order valence-corrected chi connectivity index (χ4v) is 11.0. The molecule has 0 atom stereocenters. The topological polar surface area (TPSA) is 126 Å². The molecule has 15 heteroatoms. The second kappa shape index (κ2) is 97.6. The van der Waals surface area contributed by atoms with Crippen molar-refractivity contribution < 1.29 is 46.2 Å². The van der Waals surface area contributed by atoms with E-state index in [1.165, 1.54) is 45.1 Å². The number of benzene rings is 11. The molecule has 0 aliphatic carbocycles. The Bertz CT molecular complexity index is 3870. The molecule has 11 aromatic rings. The molecule has 11 aromatic carbocycles. The first-order chi connectivity index (χ1) is 59.8. The van der Waals surface area contributed by atoms with E-state index >= 15 is 0 Å². The summed E-state index contributed by atoms with van der Waals surface area (Å²) < 4.78 is 54.1. The van der Waals surface area contributed by atoms with Crippen LogP contribution in [0.15, 0.2) is 322 Å². The van der Waals surface area contributed by atoms with Crippen LogP contribution in [0.4, 0.5) is 51.2 Å². The van der Waals surface area contributed by atoms with E-state index in [9.17, 15) is 13.9 Å². The van der Waals surface area contributed by atoms with Crippen molar-refractivity contribution in [1.29, 1.82) is 0 Å². The van der Waals surface area contributed by atoms with Gasteiger partial charge < -0.3 is 47.0 Å². The summed E-state index contributed by atoms with van der Waals surface area (Å²) in [6, 6.07) is 107. The maximum atomic E-state index is 11.7. The summed E-state index contributed by atoms with van der Waals surface area (Å²) in [4.78, 5) is 17.5. The van der Waals surface area contributed by atoms with Crippen LogP contribution in [0.5, 0.6) is 0 Å². The lowest BCUT2D eigenvalue weighted by Gasteiger charge is -2.25. The predicted molar refractivity (Wildman–Crippen MR) is 553 cm³/mol. The molecule has 0 heterocycles. The minimum Gasteiger partial charge on any atom is -0.388 e. The number of methoxy groups -OCH3 is 3. The summed E-state index contributed by atoms with van der Waals surface area (Å²) in [5.41, 5.74) is 15.4. The van der Waals surface area contributed by atoms with Gasteiger partial charge in [0.1, 0.15) is 6.29 Å². The minimum absolute atomic E-state index is 0. The van der Waals surface area contributed by atoms with Gasteiger partial charge in [-0.1, -0.05) is 385 Å². The second-order valence-electron chi connectivity index (χ2n) is 21.3. The van der Waals surface area contributed by atoms with Crippen LogP contribution < -0.4 is 14.7 Å². The SMILES string of the molecule is C.C(=Cc1ccc(N(c2ccccc2)c2ccccc2)cc1)c1ccccc1.CC.CC.CC.CC.CC.CC.CC.CC.CC.CC.CC.CC=Cc1ccc(N(c2ccccc2)c2ccccc2)cc1.CCP(=O)(OC)OC.COC.COC.COC.COP(=O)(Cc1ccccc1)OC.O=Cc1ccc(N(c2ccccc2)c2ccccc2)cc1. The minimum atomic E-state index is -2.90. The molecular weight excluding hydrogens is 1560 g/mol. The Morgan fingerprint density at radius 1 is 0.244 bits per heavy atom. The van der Waals surface area contributed by atoms with Gasteiger partial charge in [0, 0.05) is 134 Å². The van der Waals surface area contributed by atoms with Gasteiger partial charge in [0.25, 0.3) is 0 Å². The van der Waals surface area contributed by atoms with Gasteiger partial charge in [0.15, 0.2) is 0 Å². The number of para-hydroxylation sites is 6. The molecule has 0 aliphatic rings. The summed E-state index contributed by atoms with van der Waals surface area (Å²) in [6.45, 7) is 47.8. The third-order valence-corrected chi connectivity index (χ3v) is 17.8. The number of aldehydes is 1. The third kappa shape index (κ3) is 60.4. The number of nitrogens with zero attached hydrogens (tertiary/aromatic N) is 3. The quantitative estimate of drug-likeness (QED) is 0.0409. The first kappa shape index (κ1) is 131. The van der Waals surface area contributed by atoms with Crippen molar-refractivity contribution in [2.24, 2.45) is 0 Å². The van der Waals surface area contributed by atoms with Crippen LogP contribution in [0.2, 0.25) is 0 Å². The van der Waals surface area contributed by atoms with Crippen molar-refractivity contribution in [2.45, 2.75) is 180 Å². The number of ether oxygens (including phenoxy) is 3. The lowest BCUT2D eigenvalue weighted by Crippen LogP contribution is -2.09. The molecule has 0 bridgehead atoms. The lowest BCUT2D eigenvalue weighted by molar-refractivity contribution is 0.112. The molecule has 0 fully saturated rings. The van der Waals surface area contributed by atoms with Gasteiger partial charge in [-0.25, -0.2) is 0 Å². The van der Waals surface area contributed by atoms with E-state index in [-0.39, 0.29) is 7.43 Å². The van der Waals surface area contributed by atoms with Crippen molar-refractivity contribution >= 4 is 90.9 Å². The van der Waals surface area contributed by atoms with Crippen molar-refractivity contribution in [3.8, 4) is 0 Å². The summed E-state index contributed by atoms with van der Waals surface area (Å²) in [5, 5.41) is 0. The van der Waals surface area contributed by atoms with Crippen molar-refractivity contribution in [2.75, 3.05) is 92.0 Å². The fraction of sp³-hybridized carbons (Fsp3) is 0.343. The average molecular weight is 1730 g/mol. The Kier molecular flexibility index (Phi) is 104. The Hall–Kier alpha value is -9.85. The Morgan fingerprint density at radius 3 is 0.593 bits per heavy atom. The van der Waals surface area contributed by atoms with E-state index in [0.29, 0.717) is 17.9 Å². The normalized spacial score (nSPS) is 8.99. The molecule has 123 heavy (non-hydrogen) atoms. The van der Waals surface area contributed by atoms with E-state index in [2.05, 4.69) is 256 Å². The van der Waals surface area contributed by atoms with Crippen LogP contribution in [0, 0.1) is 0 Å². The monoisotopic (exact) mass is 1730 g/mol. The largest absolute Gasteiger partial charge is 0.388 e. The molecule has 0 aliphatic heterocycles. The molecule has 0 saturated heterocycles. The van der Waals surface area contributed by atoms with Crippen molar-refractivity contribution in [3.63, 3.8) is 0 Å². The van der Waals surface area contributed by atoms with Gasteiger partial charge in [0.2, 0.25) is 0 Å². The third-order valence-electron chi connectivity index (χ3n) is 14.0. The number of hydrogen-bond acceptors (Lipinski definition) is 13. The second-order valence-corrected chi connectivity index (χ2v) is 26.1. The Labute approximate surface area is 753 Å². The molecule has 0 aromatic heterocycles. The fourth-order valence-electron chi connectivity index (χ4n) is 9.27. The molecule has 13 nitrogen and oxygen atoms in total. The van der Waals surface area contributed by atoms with Crippen LogP contribution >= 0.6 is 15.2 Å². The Morgan fingerprint density at radius 2 is 0.415 bits per heavy atom. The summed E-state index contributed by atoms with van der Waals surface area (Å²) in [5.74, 6) is 0. The standard InChI is InChI=1S/C26H21N.C21H19N.C19H15NO.C9H13O3P.C4H11O3P.3C2H6O.11C2H6.CH4/c1-4-10-22(11-5-1)16-17-23-18-20-26(21-19-23)27(24-12-6-2-7-13-24)25-14-8-3-9-15-25;1-2-9-18-14-16-21(17-15-18)22(19-10-5-3-6-11-19)20-12-7-4-8-13-20;21-15-16-11-13-19(14-12-16)20(17-7-3-1-4-8-17)18-9-5-2-6-10-18;1-11-13(10,12-2)8-9-6-4-3-5-7-9;1-4-8(5,6-2)7-3;3*1-3-2;11*1-2;/h1-21H;2-17H,1H3;1-15H;3-7H,8H2,1-2H3;4H2,1-3H3;3*1-2H3;11*1-2H3;1H4. The summed E-state index contributed by atoms with van der Waals surface area (Å²) in [7, 11) is 9.74. The highest BCUT2D eigenvalue weighted by Gasteiger charge is 2.21. The zero-order chi connectivity index (χ0) is 94.5. The first-order valence-electron chi connectivity index (χ1n) is 43.3. The molecule has 0 amide bonds. The molecule has 0 N–H and O–H groups in total. The molecule has 0 spiro atoms. The zero-order valence-electron chi connectivity index (χ0n) is 81.6. The highest BCUT2D eigenvalue weighted by atomic mass is 31.2. The van der Waals surface area contributed by atoms with Gasteiger partial charge >= 0.3 is 15.2 Å². The maximum Gasteiger partial charge on any atom is 0.334 e. The Balaban J connectivity index is -0.000000178. The van der Waals surface area contributed by atoms with Gasteiger partial charge in [0.05, 0.1) is 6.16 Å². The number of hydrogen-bond donors (Lipinski definition) is 0. The molecule has 684 valence electrons. The molecule has 11 rings (SSSR count). The molecule has 0 radical (unpaired) electrons. The van der Waals surface area contributed by atoms with E-state index in [1.807, 2.05) is 281 Å². The van der Waals surface area contributed by atoms with E-state index in [0.717, 1.165) is 63.0 Å². The van der Waals surface area contributed by atoms with Crippen LogP contribution in [0.3, 0.4) is 0 Å². The van der Waals surface area contributed by atoms with Crippen molar-refractivity contribution in [3.05, 3.63) is 349 Å². The van der Waals surface area contributed by atoms with Crippen LogP contribution in [0.25, 0.3) is 18.2 Å². The number of carbonyl (C=O) groups excluding carboxylic acids is 1. The predicted octanol–water partition coefficient (Wildman–Crippen LogP) is 35.4.